The summed E-state index contributed by atoms with van der Waals surface area (Å²) in [5.74, 6) is 0.657. The van der Waals surface area contributed by atoms with Crippen LogP contribution in [-0.2, 0) is 7.05 Å². The van der Waals surface area contributed by atoms with Gasteiger partial charge in [0.05, 0.1) is 5.52 Å². The van der Waals surface area contributed by atoms with Crippen molar-refractivity contribution in [3.05, 3.63) is 54.2 Å². The van der Waals surface area contributed by atoms with E-state index in [9.17, 15) is 0 Å². The van der Waals surface area contributed by atoms with Crippen molar-refractivity contribution >= 4 is 10.9 Å². The van der Waals surface area contributed by atoms with Gasteiger partial charge in [0, 0.05) is 31.2 Å². The molecule has 1 N–H and O–H groups in total. The van der Waals surface area contributed by atoms with E-state index in [2.05, 4.69) is 66.0 Å². The maximum absolute atomic E-state index is 4.43. The summed E-state index contributed by atoms with van der Waals surface area (Å²) < 4.78 is 1.87. The first-order valence-corrected chi connectivity index (χ1v) is 7.96. The third-order valence-electron chi connectivity index (χ3n) is 4.69. The van der Waals surface area contributed by atoms with E-state index in [4.69, 9.17) is 0 Å². The SMILES string of the molecule is CC1CC(c2ccc(-c3ccc4nn(C)cc4c3)cc2)CN1. The third kappa shape index (κ3) is 2.42. The topological polar surface area (TPSA) is 29.9 Å². The molecule has 1 aliphatic rings. The fraction of sp³-hybridized carbons (Fsp3) is 0.316. The first kappa shape index (κ1) is 13.5. The molecule has 1 fully saturated rings. The highest BCUT2D eigenvalue weighted by atomic mass is 15.2. The van der Waals surface area contributed by atoms with Gasteiger partial charge in [0.2, 0.25) is 0 Å². The van der Waals surface area contributed by atoms with Gasteiger partial charge in [-0.05, 0) is 48.1 Å². The average Bonchev–Trinajstić information content (AvgIpc) is 3.11. The van der Waals surface area contributed by atoms with Crippen LogP contribution in [-0.4, -0.2) is 22.4 Å². The van der Waals surface area contributed by atoms with Crippen LogP contribution in [0.15, 0.2) is 48.7 Å². The minimum Gasteiger partial charge on any atom is -0.314 e. The Kier molecular flexibility index (Phi) is 3.23. The van der Waals surface area contributed by atoms with Crippen molar-refractivity contribution in [3.63, 3.8) is 0 Å². The number of hydrogen-bond acceptors (Lipinski definition) is 2. The molecule has 0 amide bonds. The summed E-state index contributed by atoms with van der Waals surface area (Å²) in [6, 6.07) is 16.2. The fourth-order valence-corrected chi connectivity index (χ4v) is 3.47. The smallest absolute Gasteiger partial charge is 0.0923 e. The summed E-state index contributed by atoms with van der Waals surface area (Å²) >= 11 is 0. The maximum Gasteiger partial charge on any atom is 0.0923 e. The molecule has 0 saturated carbocycles. The lowest BCUT2D eigenvalue weighted by Gasteiger charge is -2.10. The van der Waals surface area contributed by atoms with Gasteiger partial charge in [-0.3, -0.25) is 4.68 Å². The highest BCUT2D eigenvalue weighted by Crippen LogP contribution is 2.29. The summed E-state index contributed by atoms with van der Waals surface area (Å²) in [6.07, 6.45) is 3.31. The van der Waals surface area contributed by atoms with Gasteiger partial charge >= 0.3 is 0 Å². The molecule has 3 aromatic rings. The van der Waals surface area contributed by atoms with E-state index in [0.29, 0.717) is 12.0 Å². The monoisotopic (exact) mass is 291 g/mol. The molecule has 1 aliphatic heterocycles. The van der Waals surface area contributed by atoms with Crippen molar-refractivity contribution in [3.8, 4) is 11.1 Å². The lowest BCUT2D eigenvalue weighted by atomic mass is 9.94. The zero-order valence-electron chi connectivity index (χ0n) is 13.1. The van der Waals surface area contributed by atoms with Crippen molar-refractivity contribution in [2.24, 2.45) is 7.05 Å². The average molecular weight is 291 g/mol. The molecule has 0 spiro atoms. The maximum atomic E-state index is 4.43. The summed E-state index contributed by atoms with van der Waals surface area (Å²) in [6.45, 7) is 3.36. The van der Waals surface area contributed by atoms with Gasteiger partial charge in [-0.25, -0.2) is 0 Å². The van der Waals surface area contributed by atoms with Crippen molar-refractivity contribution in [2.75, 3.05) is 6.54 Å². The van der Waals surface area contributed by atoms with E-state index in [-0.39, 0.29) is 0 Å². The van der Waals surface area contributed by atoms with Crippen LogP contribution in [0.2, 0.25) is 0 Å². The summed E-state index contributed by atoms with van der Waals surface area (Å²) in [5.41, 5.74) is 5.02. The first-order chi connectivity index (χ1) is 10.7. The molecule has 3 nitrogen and oxygen atoms in total. The standard InChI is InChI=1S/C19H21N3/c1-13-9-17(11-20-13)15-5-3-14(4-6-15)16-7-8-19-18(10-16)12-22(2)21-19/h3-8,10,12-13,17,20H,9,11H2,1-2H3. The van der Waals surface area contributed by atoms with E-state index in [1.54, 1.807) is 0 Å². The largest absolute Gasteiger partial charge is 0.314 e. The molecule has 0 bridgehead atoms. The number of fused-ring (bicyclic) bond motifs is 1. The summed E-state index contributed by atoms with van der Waals surface area (Å²) in [5, 5.41) is 9.15. The summed E-state index contributed by atoms with van der Waals surface area (Å²) in [7, 11) is 1.96. The van der Waals surface area contributed by atoms with Gasteiger partial charge in [0.15, 0.2) is 0 Å². The quantitative estimate of drug-likeness (QED) is 0.780. The molecule has 0 aliphatic carbocycles. The van der Waals surface area contributed by atoms with Crippen LogP contribution in [0.25, 0.3) is 22.0 Å². The van der Waals surface area contributed by atoms with Crippen LogP contribution < -0.4 is 5.32 Å². The molecule has 2 unspecified atom stereocenters. The number of rotatable bonds is 2. The Bertz CT molecular complexity index is 801. The molecule has 2 atom stereocenters. The zero-order valence-corrected chi connectivity index (χ0v) is 13.1. The van der Waals surface area contributed by atoms with Crippen molar-refractivity contribution in [2.45, 2.75) is 25.3 Å². The second-order valence-corrected chi connectivity index (χ2v) is 6.44. The van der Waals surface area contributed by atoms with Crippen LogP contribution in [0.3, 0.4) is 0 Å². The molecule has 1 aromatic heterocycles. The van der Waals surface area contributed by atoms with Crippen LogP contribution in [0.4, 0.5) is 0 Å². The Morgan fingerprint density at radius 3 is 2.59 bits per heavy atom. The second-order valence-electron chi connectivity index (χ2n) is 6.44. The lowest BCUT2D eigenvalue weighted by molar-refractivity contribution is 0.658. The Hall–Kier alpha value is -2.13. The molecular weight excluding hydrogens is 270 g/mol. The van der Waals surface area contributed by atoms with Crippen LogP contribution in [0, 0.1) is 0 Å². The predicted molar refractivity (Wildman–Crippen MR) is 91.0 cm³/mol. The van der Waals surface area contributed by atoms with Crippen molar-refractivity contribution in [1.82, 2.24) is 15.1 Å². The van der Waals surface area contributed by atoms with Crippen LogP contribution >= 0.6 is 0 Å². The van der Waals surface area contributed by atoms with Gasteiger partial charge < -0.3 is 5.32 Å². The molecule has 0 radical (unpaired) electrons. The van der Waals surface area contributed by atoms with E-state index in [0.717, 1.165) is 12.1 Å². The Labute approximate surface area is 131 Å². The van der Waals surface area contributed by atoms with E-state index in [1.165, 1.54) is 28.5 Å². The minimum absolute atomic E-state index is 0.637. The second kappa shape index (κ2) is 5.25. The number of aromatic nitrogens is 2. The molecule has 2 heterocycles. The Morgan fingerprint density at radius 2 is 1.86 bits per heavy atom. The number of nitrogens with zero attached hydrogens (tertiary/aromatic N) is 2. The van der Waals surface area contributed by atoms with Gasteiger partial charge in [-0.15, -0.1) is 0 Å². The number of hydrogen-bond donors (Lipinski definition) is 1. The van der Waals surface area contributed by atoms with Gasteiger partial charge in [-0.1, -0.05) is 30.3 Å². The Morgan fingerprint density at radius 1 is 1.09 bits per heavy atom. The minimum atomic E-state index is 0.637. The molecule has 1 saturated heterocycles. The lowest BCUT2D eigenvalue weighted by Crippen LogP contribution is -2.16. The van der Waals surface area contributed by atoms with Gasteiger partial charge in [-0.2, -0.15) is 5.10 Å². The third-order valence-corrected chi connectivity index (χ3v) is 4.69. The molecule has 112 valence electrons. The van der Waals surface area contributed by atoms with Gasteiger partial charge in [0.25, 0.3) is 0 Å². The number of nitrogens with one attached hydrogen (secondary N) is 1. The molecular formula is C19H21N3. The zero-order chi connectivity index (χ0) is 15.1. The summed E-state index contributed by atoms with van der Waals surface area (Å²) in [4.78, 5) is 0. The predicted octanol–water partition coefficient (Wildman–Crippen LogP) is 3.71. The van der Waals surface area contributed by atoms with Gasteiger partial charge in [0.1, 0.15) is 0 Å². The van der Waals surface area contributed by atoms with Crippen LogP contribution in [0.1, 0.15) is 24.8 Å². The molecule has 3 heteroatoms. The van der Waals surface area contributed by atoms with Crippen molar-refractivity contribution < 1.29 is 0 Å². The highest BCUT2D eigenvalue weighted by Gasteiger charge is 2.21. The number of aryl methyl sites for hydroxylation is 1. The number of benzene rings is 2. The van der Waals surface area contributed by atoms with E-state index < -0.39 is 0 Å². The highest BCUT2D eigenvalue weighted by molar-refractivity contribution is 5.84. The van der Waals surface area contributed by atoms with Crippen molar-refractivity contribution in [1.29, 1.82) is 0 Å². The first-order valence-electron chi connectivity index (χ1n) is 7.96. The molecule has 4 rings (SSSR count). The molecule has 22 heavy (non-hydrogen) atoms. The van der Waals surface area contributed by atoms with Crippen LogP contribution in [0.5, 0.6) is 0 Å². The normalized spacial score (nSPS) is 21.5. The molecule has 2 aromatic carbocycles. The fourth-order valence-electron chi connectivity index (χ4n) is 3.47. The van der Waals surface area contributed by atoms with E-state index >= 15 is 0 Å². The Balaban J connectivity index is 1.63. The van der Waals surface area contributed by atoms with E-state index in [1.807, 2.05) is 11.7 Å².